The zero-order chi connectivity index (χ0) is 5.86. The van der Waals surface area contributed by atoms with E-state index in [0.717, 1.165) is 0 Å². The van der Waals surface area contributed by atoms with Crippen LogP contribution >= 0.6 is 0 Å². The molecule has 4 heavy (non-hydrogen) atoms. The molecule has 0 aliphatic heterocycles. The summed E-state index contributed by atoms with van der Waals surface area (Å²) in [7, 11) is 0. The topological polar surface area (TPSA) is 46.7 Å². The molecule has 0 radical (unpaired) electrons. The van der Waals surface area contributed by atoms with Crippen LogP contribution in [0.1, 0.15) is 1.37 Å². The van der Waals surface area contributed by atoms with E-state index in [4.69, 9.17) is 9.50 Å². The zero-order valence-electron chi connectivity index (χ0n) is 4.93. The highest BCUT2D eigenvalue weighted by Crippen LogP contribution is 1.34. The average molecular weight is 61.1 g/mol. The summed E-state index contributed by atoms with van der Waals surface area (Å²) in [6.45, 7) is -1.46. The molecule has 0 aromatic rings. The van der Waals surface area contributed by atoms with Crippen LogP contribution in [-0.4, -0.2) is 14.6 Å². The summed E-state index contributed by atoms with van der Waals surface area (Å²) in [5.74, 6) is 0. The first kappa shape index (κ1) is 0.697. The van der Waals surface area contributed by atoms with Gasteiger partial charge in [0.05, 0.1) is 0 Å². The molecule has 0 bridgehead atoms. The highest BCUT2D eigenvalue weighted by molar-refractivity contribution is 4.63. The van der Waals surface area contributed by atoms with Gasteiger partial charge < -0.3 is 5.11 Å². The molecular formula is C2H4NO+. The standard InChI is InChI=1S/C2H3NO/c3-1-2-4/h4H,2H2/p+1/i2D,4D/hD. The van der Waals surface area contributed by atoms with Crippen molar-refractivity contribution in [2.45, 2.75) is 0 Å². The Labute approximate surface area is 28.7 Å². The summed E-state index contributed by atoms with van der Waals surface area (Å²) in [4.78, 5) is 0. The number of nitrogens with zero attached hydrogens (tertiary/aromatic N) is 1. The van der Waals surface area contributed by atoms with Gasteiger partial charge in [0.25, 0.3) is 0 Å². The van der Waals surface area contributed by atoms with Crippen LogP contribution in [-0.2, 0) is 0 Å². The van der Waals surface area contributed by atoms with Gasteiger partial charge in [0.1, 0.15) is 7.44 Å². The van der Waals surface area contributed by atoms with Crippen molar-refractivity contribution < 1.29 is 6.48 Å². The molecule has 22 valence electrons. The number of nitriles is 1. The molecule has 0 saturated heterocycles. The Morgan fingerprint density at radius 2 is 3.50 bits per heavy atom. The highest BCUT2D eigenvalue weighted by atomic mass is 16.2. The van der Waals surface area contributed by atoms with Crippen LogP contribution in [0.25, 0.3) is 0 Å². The summed E-state index contributed by atoms with van der Waals surface area (Å²) in [6.07, 6.45) is 0. The van der Waals surface area contributed by atoms with Crippen molar-refractivity contribution in [3.8, 4) is 6.07 Å². The molecular weight excluding hydrogens is 54.0 g/mol. The van der Waals surface area contributed by atoms with Crippen LogP contribution in [0, 0.1) is 11.3 Å². The lowest BCUT2D eigenvalue weighted by atomic mass is 10.9. The second-order valence-corrected chi connectivity index (χ2v) is 0.247. The van der Waals surface area contributed by atoms with Gasteiger partial charge in [-0.05, 0) is 0 Å². The minimum atomic E-state index is -1.46. The molecule has 0 aliphatic rings. The van der Waals surface area contributed by atoms with Gasteiger partial charge >= 0.3 is 2.86 Å². The fourth-order valence-electron chi connectivity index (χ4n) is 0. The van der Waals surface area contributed by atoms with Crippen molar-refractivity contribution in [1.29, 1.82) is 8.12 Å². The minimum absolute atomic E-state index is 0.706. The predicted molar refractivity (Wildman–Crippen MR) is 14.1 cm³/mol. The predicted octanol–water partition coefficient (Wildman–Crippen LogP) is -0.765. The third kappa shape index (κ3) is 1.45. The van der Waals surface area contributed by atoms with E-state index in [1.54, 1.807) is 0 Å². The molecule has 0 saturated carbocycles. The van der Waals surface area contributed by atoms with E-state index < -0.39 is 6.58 Å². The van der Waals surface area contributed by atoms with E-state index in [1.165, 1.54) is 6.07 Å². The number of rotatable bonds is 1. The van der Waals surface area contributed by atoms with Crippen LogP contribution in [0.5, 0.6) is 0 Å². The Hall–Kier alpha value is -0.550. The van der Waals surface area contributed by atoms with Gasteiger partial charge in [0, 0.05) is 0 Å². The van der Waals surface area contributed by atoms with Gasteiger partial charge in [-0.25, -0.2) is 0 Å². The van der Waals surface area contributed by atoms with Crippen molar-refractivity contribution in [2.24, 2.45) is 0 Å². The second kappa shape index (κ2) is 2.45. The van der Waals surface area contributed by atoms with Crippen LogP contribution in [0.3, 0.4) is 0 Å². The van der Waals surface area contributed by atoms with E-state index in [0.29, 0.717) is 5.11 Å². The van der Waals surface area contributed by atoms with Gasteiger partial charge in [0.15, 0.2) is 0 Å². The maximum absolute atomic E-state index is 7.77. The largest absolute Gasteiger partial charge is 0.488 e. The molecule has 0 amide bonds. The molecule has 2 N–H and O–H groups in total. The first-order valence-corrected chi connectivity index (χ1v) is 0.748. The Morgan fingerprint density at radius 3 is 3.50 bits per heavy atom. The summed E-state index contributed by atoms with van der Waals surface area (Å²) < 4.78 is 18.8. The number of hydrogen-bond acceptors (Lipinski definition) is 1. The molecule has 2 nitrogen and oxygen atoms in total. The molecule has 2 heteroatoms. The lowest BCUT2D eigenvalue weighted by molar-refractivity contribution is 0.348. The van der Waals surface area contributed by atoms with Crippen LogP contribution in [0.15, 0.2) is 0 Å². The van der Waals surface area contributed by atoms with Crippen molar-refractivity contribution in [3.63, 3.8) is 0 Å². The Morgan fingerprint density at radius 1 is 2.75 bits per heavy atom. The maximum atomic E-state index is 7.77. The van der Waals surface area contributed by atoms with E-state index in [-0.39, 0.29) is 0 Å². The van der Waals surface area contributed by atoms with Crippen LogP contribution < -0.4 is 0 Å². The first-order valence-electron chi connectivity index (χ1n) is 2.14. The Balaban J connectivity index is 3.40. The number of hydrogen-bond donors (Lipinski definition) is 0. The molecule has 0 aliphatic carbocycles. The lowest BCUT2D eigenvalue weighted by Crippen LogP contribution is -1.64. The van der Waals surface area contributed by atoms with Gasteiger partial charge in [-0.3, -0.25) is 0 Å². The van der Waals surface area contributed by atoms with Crippen molar-refractivity contribution in [3.05, 3.63) is 0 Å². The monoisotopic (exact) mass is 61.0 g/mol. The molecule has 0 spiro atoms. The molecule has 0 aromatic heterocycles. The van der Waals surface area contributed by atoms with E-state index >= 15 is 0 Å². The molecule has 0 fully saturated rings. The van der Waals surface area contributed by atoms with Crippen LogP contribution in [0.4, 0.5) is 0 Å². The fourth-order valence-corrected chi connectivity index (χ4v) is 0. The van der Waals surface area contributed by atoms with Gasteiger partial charge in [-0.2, -0.15) is 5.26 Å². The fraction of sp³-hybridized carbons (Fsp3) is 0.500. The first-order chi connectivity index (χ1) is 3.18. The minimum Gasteiger partial charge on any atom is -0.434 e. The maximum Gasteiger partial charge on any atom is 0.488 e. The second-order valence-electron chi connectivity index (χ2n) is 0.247. The van der Waals surface area contributed by atoms with Gasteiger partial charge in [0.2, 0.25) is 6.58 Å². The molecule has 1 atom stereocenters. The summed E-state index contributed by atoms with van der Waals surface area (Å²) in [6, 6.07) is 1.34. The molecule has 0 rings (SSSR count). The van der Waals surface area contributed by atoms with E-state index in [2.05, 4.69) is 0 Å². The molecule has 1 unspecified atom stereocenters. The molecule has 0 heterocycles. The smallest absolute Gasteiger partial charge is 0.434 e. The quantitative estimate of drug-likeness (QED) is 0.367. The van der Waals surface area contributed by atoms with Crippen molar-refractivity contribution >= 4 is 0 Å². The normalized spacial score (nSPS) is 24.5. The third-order valence-electron chi connectivity index (χ3n) is 0.0527. The van der Waals surface area contributed by atoms with Crippen molar-refractivity contribution in [1.82, 2.24) is 0 Å². The van der Waals surface area contributed by atoms with E-state index in [1.807, 2.05) is 0 Å². The van der Waals surface area contributed by atoms with Gasteiger partial charge in [-0.15, -0.1) is 0 Å². The SMILES string of the molecule is [2H]C(C#N)[O+]([2H])[2H]. The van der Waals surface area contributed by atoms with Gasteiger partial charge in [-0.1, -0.05) is 0 Å². The average Bonchev–Trinajstić information content (AvgIpc) is 1.65. The highest BCUT2D eigenvalue weighted by Gasteiger charge is 1.56. The Bertz CT molecular complexity index is 87.4. The summed E-state index contributed by atoms with van der Waals surface area (Å²) in [5, 5.41) is 8.47. The third-order valence-corrected chi connectivity index (χ3v) is 0.0527. The summed E-state index contributed by atoms with van der Waals surface area (Å²) in [5.41, 5.74) is 0. The Kier molecular flexibility index (Phi) is 0.427. The van der Waals surface area contributed by atoms with E-state index in [9.17, 15) is 0 Å². The molecule has 0 aromatic carbocycles. The lowest BCUT2D eigenvalue weighted by Gasteiger charge is -1.47. The van der Waals surface area contributed by atoms with Crippen molar-refractivity contribution in [2.75, 3.05) is 6.58 Å². The summed E-state index contributed by atoms with van der Waals surface area (Å²) >= 11 is 0. The van der Waals surface area contributed by atoms with Crippen LogP contribution in [0.2, 0.25) is 0 Å². The zero-order valence-corrected chi connectivity index (χ0v) is 1.93.